The van der Waals surface area contributed by atoms with Crippen LogP contribution in [0.15, 0.2) is 54.6 Å². The summed E-state index contributed by atoms with van der Waals surface area (Å²) in [6, 6.07) is 18.1. The smallest absolute Gasteiger partial charge is 0.263 e. The van der Waals surface area contributed by atoms with Gasteiger partial charge in [-0.2, -0.15) is 0 Å². The molecule has 1 saturated heterocycles. The van der Waals surface area contributed by atoms with Crippen molar-refractivity contribution >= 4 is 5.91 Å². The van der Waals surface area contributed by atoms with Crippen LogP contribution in [0.25, 0.3) is 11.1 Å². The zero-order valence-electron chi connectivity index (χ0n) is 12.9. The molecule has 1 fully saturated rings. The van der Waals surface area contributed by atoms with E-state index in [1.807, 2.05) is 54.3 Å². The molecule has 1 heterocycles. The molecule has 2 aromatic rings. The van der Waals surface area contributed by atoms with E-state index in [1.165, 1.54) is 5.56 Å². The predicted molar refractivity (Wildman–Crippen MR) is 87.8 cm³/mol. The van der Waals surface area contributed by atoms with Crippen LogP contribution in [0.5, 0.6) is 5.75 Å². The van der Waals surface area contributed by atoms with E-state index in [0.717, 1.165) is 37.2 Å². The number of rotatable bonds is 4. The van der Waals surface area contributed by atoms with Crippen molar-refractivity contribution in [1.82, 2.24) is 4.90 Å². The number of hydrogen-bond acceptors (Lipinski definition) is 2. The first-order valence-corrected chi connectivity index (χ1v) is 7.85. The molecule has 114 valence electrons. The number of benzene rings is 2. The van der Waals surface area contributed by atoms with Crippen molar-refractivity contribution in [2.45, 2.75) is 25.9 Å². The van der Waals surface area contributed by atoms with Crippen LogP contribution in [-0.4, -0.2) is 30.0 Å². The molecular formula is C19H21NO2. The van der Waals surface area contributed by atoms with Gasteiger partial charge in [-0.1, -0.05) is 42.5 Å². The number of carbonyl (C=O) groups is 1. The van der Waals surface area contributed by atoms with Gasteiger partial charge in [0.1, 0.15) is 5.75 Å². The van der Waals surface area contributed by atoms with Crippen molar-refractivity contribution in [2.75, 3.05) is 13.1 Å². The highest BCUT2D eigenvalue weighted by Crippen LogP contribution is 2.23. The Bertz CT molecular complexity index is 616. The molecule has 2 aromatic carbocycles. The quantitative estimate of drug-likeness (QED) is 0.860. The van der Waals surface area contributed by atoms with E-state index in [4.69, 9.17) is 4.74 Å². The van der Waals surface area contributed by atoms with Gasteiger partial charge in [0.05, 0.1) is 0 Å². The Morgan fingerprint density at radius 3 is 2.18 bits per heavy atom. The lowest BCUT2D eigenvalue weighted by Crippen LogP contribution is -2.38. The van der Waals surface area contributed by atoms with Crippen LogP contribution < -0.4 is 4.74 Å². The fourth-order valence-corrected chi connectivity index (χ4v) is 2.81. The lowest BCUT2D eigenvalue weighted by molar-refractivity contribution is -0.136. The molecule has 1 amide bonds. The predicted octanol–water partition coefficient (Wildman–Crippen LogP) is 3.74. The molecule has 1 aliphatic heterocycles. The molecule has 0 N–H and O–H groups in total. The lowest BCUT2D eigenvalue weighted by Gasteiger charge is -2.21. The Balaban J connectivity index is 1.64. The van der Waals surface area contributed by atoms with Crippen molar-refractivity contribution in [2.24, 2.45) is 0 Å². The van der Waals surface area contributed by atoms with Gasteiger partial charge in [-0.05, 0) is 43.0 Å². The molecule has 0 radical (unpaired) electrons. The van der Waals surface area contributed by atoms with Crippen LogP contribution in [0.2, 0.25) is 0 Å². The summed E-state index contributed by atoms with van der Waals surface area (Å²) in [5, 5.41) is 0. The maximum atomic E-state index is 12.2. The van der Waals surface area contributed by atoms with E-state index in [0.29, 0.717) is 0 Å². The van der Waals surface area contributed by atoms with E-state index >= 15 is 0 Å². The second kappa shape index (κ2) is 6.65. The minimum atomic E-state index is -0.430. The number of hydrogen-bond donors (Lipinski definition) is 0. The highest BCUT2D eigenvalue weighted by molar-refractivity contribution is 5.81. The molecule has 3 rings (SSSR count). The van der Waals surface area contributed by atoms with Crippen LogP contribution in [0.4, 0.5) is 0 Å². The van der Waals surface area contributed by atoms with Gasteiger partial charge in [-0.3, -0.25) is 4.79 Å². The fourth-order valence-electron chi connectivity index (χ4n) is 2.81. The van der Waals surface area contributed by atoms with Crippen molar-refractivity contribution < 1.29 is 9.53 Å². The molecule has 0 spiro atoms. The standard InChI is InChI=1S/C19H21NO2/c1-15(19(21)20-13-5-6-14-20)22-18-11-9-17(10-12-18)16-7-3-2-4-8-16/h2-4,7-12,15H,5-6,13-14H2,1H3/t15-/m1/s1. The SMILES string of the molecule is C[C@@H](Oc1ccc(-c2ccccc2)cc1)C(=O)N1CCCC1. The molecular weight excluding hydrogens is 274 g/mol. The summed E-state index contributed by atoms with van der Waals surface area (Å²) in [7, 11) is 0. The maximum Gasteiger partial charge on any atom is 0.263 e. The van der Waals surface area contributed by atoms with Crippen molar-refractivity contribution in [3.8, 4) is 16.9 Å². The van der Waals surface area contributed by atoms with Crippen molar-refractivity contribution in [1.29, 1.82) is 0 Å². The molecule has 3 nitrogen and oxygen atoms in total. The van der Waals surface area contributed by atoms with E-state index in [2.05, 4.69) is 12.1 Å². The van der Waals surface area contributed by atoms with Crippen LogP contribution in [0, 0.1) is 0 Å². The number of nitrogens with zero attached hydrogens (tertiary/aromatic N) is 1. The minimum Gasteiger partial charge on any atom is -0.481 e. The van der Waals surface area contributed by atoms with Crippen LogP contribution in [0.1, 0.15) is 19.8 Å². The van der Waals surface area contributed by atoms with Crippen molar-refractivity contribution in [3.63, 3.8) is 0 Å². The van der Waals surface area contributed by atoms with Crippen LogP contribution in [0.3, 0.4) is 0 Å². The highest BCUT2D eigenvalue weighted by atomic mass is 16.5. The summed E-state index contributed by atoms with van der Waals surface area (Å²) in [5.74, 6) is 0.823. The van der Waals surface area contributed by atoms with Gasteiger partial charge >= 0.3 is 0 Å². The number of amides is 1. The molecule has 0 unspecified atom stereocenters. The van der Waals surface area contributed by atoms with Gasteiger partial charge in [0.2, 0.25) is 0 Å². The summed E-state index contributed by atoms with van der Waals surface area (Å²) < 4.78 is 5.79. The number of ether oxygens (including phenoxy) is 1. The van der Waals surface area contributed by atoms with Crippen molar-refractivity contribution in [3.05, 3.63) is 54.6 Å². The first-order valence-electron chi connectivity index (χ1n) is 7.85. The Morgan fingerprint density at radius 2 is 1.55 bits per heavy atom. The second-order valence-corrected chi connectivity index (χ2v) is 5.68. The third-order valence-corrected chi connectivity index (χ3v) is 4.04. The topological polar surface area (TPSA) is 29.5 Å². The molecule has 0 bridgehead atoms. The summed E-state index contributed by atoms with van der Waals surface area (Å²) in [4.78, 5) is 14.1. The molecule has 1 aliphatic rings. The average molecular weight is 295 g/mol. The van der Waals surface area contributed by atoms with E-state index in [1.54, 1.807) is 0 Å². The van der Waals surface area contributed by atoms with Crippen LogP contribution >= 0.6 is 0 Å². The molecule has 1 atom stereocenters. The zero-order valence-corrected chi connectivity index (χ0v) is 12.9. The summed E-state index contributed by atoms with van der Waals surface area (Å²) in [5.41, 5.74) is 2.32. The number of likely N-dealkylation sites (tertiary alicyclic amines) is 1. The Labute approximate surface area is 131 Å². The fraction of sp³-hybridized carbons (Fsp3) is 0.316. The average Bonchev–Trinajstić information content (AvgIpc) is 3.10. The molecule has 3 heteroatoms. The first-order chi connectivity index (χ1) is 10.7. The summed E-state index contributed by atoms with van der Waals surface area (Å²) >= 11 is 0. The Kier molecular flexibility index (Phi) is 4.42. The van der Waals surface area contributed by atoms with Crippen LogP contribution in [-0.2, 0) is 4.79 Å². The zero-order chi connectivity index (χ0) is 15.4. The third kappa shape index (κ3) is 3.30. The Morgan fingerprint density at radius 1 is 0.955 bits per heavy atom. The third-order valence-electron chi connectivity index (χ3n) is 4.04. The van der Waals surface area contributed by atoms with Gasteiger partial charge in [0, 0.05) is 13.1 Å². The number of carbonyl (C=O) groups excluding carboxylic acids is 1. The minimum absolute atomic E-state index is 0.0876. The molecule has 22 heavy (non-hydrogen) atoms. The van der Waals surface area contributed by atoms with Gasteiger partial charge < -0.3 is 9.64 Å². The van der Waals surface area contributed by atoms with Gasteiger partial charge in [0.25, 0.3) is 5.91 Å². The van der Waals surface area contributed by atoms with Gasteiger partial charge in [-0.15, -0.1) is 0 Å². The molecule has 0 aliphatic carbocycles. The van der Waals surface area contributed by atoms with Gasteiger partial charge in [0.15, 0.2) is 6.10 Å². The van der Waals surface area contributed by atoms with Gasteiger partial charge in [-0.25, -0.2) is 0 Å². The second-order valence-electron chi connectivity index (χ2n) is 5.68. The molecule has 0 aromatic heterocycles. The Hall–Kier alpha value is -2.29. The van der Waals surface area contributed by atoms with E-state index < -0.39 is 6.10 Å². The molecule has 0 saturated carbocycles. The monoisotopic (exact) mass is 295 g/mol. The van der Waals surface area contributed by atoms with E-state index in [-0.39, 0.29) is 5.91 Å². The normalized spacial score (nSPS) is 15.6. The lowest BCUT2D eigenvalue weighted by atomic mass is 10.1. The van der Waals surface area contributed by atoms with E-state index in [9.17, 15) is 4.79 Å². The summed E-state index contributed by atoms with van der Waals surface area (Å²) in [6.07, 6.45) is 1.77. The summed E-state index contributed by atoms with van der Waals surface area (Å²) in [6.45, 7) is 3.55. The largest absolute Gasteiger partial charge is 0.481 e. The first kappa shape index (κ1) is 14.6. The maximum absolute atomic E-state index is 12.2. The highest BCUT2D eigenvalue weighted by Gasteiger charge is 2.24.